The molecule has 1 aliphatic heterocycles. The van der Waals surface area contributed by atoms with E-state index in [9.17, 15) is 19.2 Å². The van der Waals surface area contributed by atoms with E-state index < -0.39 is 5.97 Å². The van der Waals surface area contributed by atoms with Crippen molar-refractivity contribution in [2.24, 2.45) is 11.8 Å². The van der Waals surface area contributed by atoms with Crippen LogP contribution in [0.2, 0.25) is 0 Å². The van der Waals surface area contributed by atoms with E-state index in [4.69, 9.17) is 4.74 Å². The lowest BCUT2D eigenvalue weighted by Crippen LogP contribution is -2.34. The molecule has 7 nitrogen and oxygen atoms in total. The molecule has 29 heavy (non-hydrogen) atoms. The predicted molar refractivity (Wildman–Crippen MR) is 106 cm³/mol. The Balaban J connectivity index is 1.34. The molecular formula is C22H28N2O5. The fourth-order valence-corrected chi connectivity index (χ4v) is 4.15. The molecule has 0 bridgehead atoms. The van der Waals surface area contributed by atoms with Gasteiger partial charge in [0.15, 0.2) is 6.61 Å². The number of hydrogen-bond donors (Lipinski definition) is 1. The number of rotatable bonds is 8. The summed E-state index contributed by atoms with van der Waals surface area (Å²) in [7, 11) is 0. The predicted octanol–water partition coefficient (Wildman–Crippen LogP) is 1.76. The maximum atomic E-state index is 12.4. The summed E-state index contributed by atoms with van der Waals surface area (Å²) in [5.74, 6) is -1.72. The molecule has 1 saturated heterocycles. The van der Waals surface area contributed by atoms with Crippen molar-refractivity contribution in [3.8, 4) is 0 Å². The zero-order chi connectivity index (χ0) is 20.8. The van der Waals surface area contributed by atoms with Gasteiger partial charge in [-0.3, -0.25) is 24.1 Å². The number of ether oxygens (including phenoxy) is 1. The van der Waals surface area contributed by atoms with Crippen LogP contribution in [0.3, 0.4) is 0 Å². The van der Waals surface area contributed by atoms with E-state index in [-0.39, 0.29) is 49.1 Å². The number of amides is 3. The average molecular weight is 400 g/mol. The number of benzene rings is 1. The first-order chi connectivity index (χ1) is 14.0. The fourth-order valence-electron chi connectivity index (χ4n) is 4.15. The summed E-state index contributed by atoms with van der Waals surface area (Å²) >= 11 is 0. The van der Waals surface area contributed by atoms with E-state index in [1.54, 1.807) is 0 Å². The first-order valence-electron chi connectivity index (χ1n) is 10.3. The highest BCUT2D eigenvalue weighted by molar-refractivity contribution is 6.05. The molecule has 156 valence electrons. The van der Waals surface area contributed by atoms with Gasteiger partial charge < -0.3 is 10.1 Å². The van der Waals surface area contributed by atoms with Gasteiger partial charge in [0.05, 0.1) is 18.3 Å². The second-order valence-corrected chi connectivity index (χ2v) is 7.76. The van der Waals surface area contributed by atoms with Gasteiger partial charge in [-0.1, -0.05) is 37.1 Å². The Morgan fingerprint density at radius 2 is 1.76 bits per heavy atom. The smallest absolute Gasteiger partial charge is 0.308 e. The molecule has 3 amide bonds. The Morgan fingerprint density at radius 3 is 2.41 bits per heavy atom. The second-order valence-electron chi connectivity index (χ2n) is 7.76. The lowest BCUT2D eigenvalue weighted by molar-refractivity contribution is -0.149. The van der Waals surface area contributed by atoms with Crippen molar-refractivity contribution < 1.29 is 23.9 Å². The van der Waals surface area contributed by atoms with E-state index in [0.717, 1.165) is 31.2 Å². The minimum absolute atomic E-state index is 0.0262. The normalized spacial score (nSPS) is 21.1. The third-order valence-corrected chi connectivity index (χ3v) is 5.81. The zero-order valence-electron chi connectivity index (χ0n) is 16.8. The molecule has 1 N–H and O–H groups in total. The molecule has 0 spiro atoms. The van der Waals surface area contributed by atoms with Crippen molar-refractivity contribution in [3.05, 3.63) is 35.4 Å². The van der Waals surface area contributed by atoms with Crippen LogP contribution < -0.4 is 5.32 Å². The first-order valence-corrected chi connectivity index (χ1v) is 10.3. The maximum Gasteiger partial charge on any atom is 0.308 e. The summed E-state index contributed by atoms with van der Waals surface area (Å²) in [5.41, 5.74) is 2.32. The SMILES string of the molecule is Cc1ccccc1CCNC(=O)COC(=O)CCN1C(=O)[C@H]2CCCC[C@H]2C1=O. The molecular weight excluding hydrogens is 372 g/mol. The number of likely N-dealkylation sites (tertiary alicyclic amines) is 1. The number of aryl methyl sites for hydroxylation is 1. The molecule has 0 aromatic heterocycles. The minimum atomic E-state index is -0.588. The van der Waals surface area contributed by atoms with Gasteiger partial charge in [-0.15, -0.1) is 0 Å². The number of nitrogens with zero attached hydrogens (tertiary/aromatic N) is 1. The molecule has 1 saturated carbocycles. The fraction of sp³-hybridized carbons (Fsp3) is 0.545. The topological polar surface area (TPSA) is 92.8 Å². The largest absolute Gasteiger partial charge is 0.456 e. The summed E-state index contributed by atoms with van der Waals surface area (Å²) in [5, 5.41) is 2.72. The molecule has 0 unspecified atom stereocenters. The van der Waals surface area contributed by atoms with Crippen LogP contribution in [-0.4, -0.2) is 48.3 Å². The Hall–Kier alpha value is -2.70. The van der Waals surface area contributed by atoms with Gasteiger partial charge in [-0.2, -0.15) is 0 Å². The molecule has 2 aliphatic rings. The van der Waals surface area contributed by atoms with Gasteiger partial charge >= 0.3 is 5.97 Å². The Morgan fingerprint density at radius 1 is 1.10 bits per heavy atom. The van der Waals surface area contributed by atoms with Crippen molar-refractivity contribution in [2.45, 2.75) is 45.4 Å². The molecule has 2 atom stereocenters. The molecule has 1 aromatic carbocycles. The van der Waals surface area contributed by atoms with Crippen LogP contribution in [0.15, 0.2) is 24.3 Å². The number of esters is 1. The number of fused-ring (bicyclic) bond motifs is 1. The Labute approximate surface area is 170 Å². The number of carbonyl (C=O) groups excluding carboxylic acids is 4. The monoisotopic (exact) mass is 400 g/mol. The number of carbonyl (C=O) groups is 4. The van der Waals surface area contributed by atoms with Crippen molar-refractivity contribution in [1.29, 1.82) is 0 Å². The third-order valence-electron chi connectivity index (χ3n) is 5.81. The quantitative estimate of drug-likeness (QED) is 0.530. The summed E-state index contributed by atoms with van der Waals surface area (Å²) in [4.78, 5) is 49.7. The van der Waals surface area contributed by atoms with Crippen LogP contribution >= 0.6 is 0 Å². The lowest BCUT2D eigenvalue weighted by Gasteiger charge is -2.19. The van der Waals surface area contributed by atoms with Gasteiger partial charge in [-0.25, -0.2) is 0 Å². The molecule has 2 fully saturated rings. The average Bonchev–Trinajstić information content (AvgIpc) is 2.97. The van der Waals surface area contributed by atoms with Crippen LogP contribution in [0.25, 0.3) is 0 Å². The third kappa shape index (κ3) is 5.22. The van der Waals surface area contributed by atoms with Gasteiger partial charge in [0, 0.05) is 13.1 Å². The highest BCUT2D eigenvalue weighted by Gasteiger charge is 2.47. The molecule has 0 radical (unpaired) electrons. The molecule has 1 heterocycles. The van der Waals surface area contributed by atoms with Crippen molar-refractivity contribution in [1.82, 2.24) is 10.2 Å². The van der Waals surface area contributed by atoms with Crippen LogP contribution in [-0.2, 0) is 30.3 Å². The summed E-state index contributed by atoms with van der Waals surface area (Å²) in [6.07, 6.45) is 4.04. The highest BCUT2D eigenvalue weighted by Crippen LogP contribution is 2.37. The molecule has 1 aliphatic carbocycles. The summed E-state index contributed by atoms with van der Waals surface area (Å²) in [6, 6.07) is 7.95. The van der Waals surface area contributed by atoms with E-state index in [0.29, 0.717) is 13.0 Å². The number of imide groups is 1. The van der Waals surface area contributed by atoms with Crippen molar-refractivity contribution in [3.63, 3.8) is 0 Å². The molecule has 3 rings (SSSR count). The van der Waals surface area contributed by atoms with E-state index >= 15 is 0 Å². The Kier molecular flexibility index (Phi) is 7.01. The van der Waals surface area contributed by atoms with E-state index in [1.165, 1.54) is 10.5 Å². The molecule has 7 heteroatoms. The number of hydrogen-bond acceptors (Lipinski definition) is 5. The summed E-state index contributed by atoms with van der Waals surface area (Å²) < 4.78 is 4.98. The zero-order valence-corrected chi connectivity index (χ0v) is 16.8. The van der Waals surface area contributed by atoms with Crippen LogP contribution in [0.1, 0.15) is 43.2 Å². The summed E-state index contributed by atoms with van der Waals surface area (Å²) in [6.45, 7) is 2.14. The molecule has 1 aromatic rings. The lowest BCUT2D eigenvalue weighted by atomic mass is 9.81. The van der Waals surface area contributed by atoms with E-state index in [2.05, 4.69) is 5.32 Å². The van der Waals surface area contributed by atoms with Crippen molar-refractivity contribution in [2.75, 3.05) is 19.7 Å². The standard InChI is InChI=1S/C22H28N2O5/c1-15-6-2-3-7-16(15)10-12-23-19(25)14-29-20(26)11-13-24-21(27)17-8-4-5-9-18(17)22(24)28/h2-3,6-7,17-18H,4-5,8-14H2,1H3,(H,23,25)/t17-,18+. The van der Waals surface area contributed by atoms with Crippen molar-refractivity contribution >= 4 is 23.7 Å². The number of nitrogens with one attached hydrogen (secondary N) is 1. The maximum absolute atomic E-state index is 12.4. The van der Waals surface area contributed by atoms with E-state index in [1.807, 2.05) is 31.2 Å². The van der Waals surface area contributed by atoms with Crippen LogP contribution in [0.5, 0.6) is 0 Å². The van der Waals surface area contributed by atoms with Gasteiger partial charge in [-0.05, 0) is 37.3 Å². The Bertz CT molecular complexity index is 767. The first kappa shape index (κ1) is 21.0. The van der Waals surface area contributed by atoms with Gasteiger partial charge in [0.2, 0.25) is 11.8 Å². The van der Waals surface area contributed by atoms with Crippen LogP contribution in [0.4, 0.5) is 0 Å². The minimum Gasteiger partial charge on any atom is -0.456 e. The van der Waals surface area contributed by atoms with Gasteiger partial charge in [0.1, 0.15) is 0 Å². The highest BCUT2D eigenvalue weighted by atomic mass is 16.5. The van der Waals surface area contributed by atoms with Crippen LogP contribution in [0, 0.1) is 18.8 Å². The van der Waals surface area contributed by atoms with Gasteiger partial charge in [0.25, 0.3) is 5.91 Å². The second kappa shape index (κ2) is 9.67.